The molecule has 4 heteroatoms. The van der Waals surface area contributed by atoms with Crippen LogP contribution in [0.3, 0.4) is 0 Å². The topological polar surface area (TPSA) is 42.0 Å². The third kappa shape index (κ3) is 3.32. The monoisotopic (exact) mass is 300 g/mol. The molecule has 0 bridgehead atoms. The van der Waals surface area contributed by atoms with Crippen LogP contribution in [0.2, 0.25) is 0 Å². The van der Waals surface area contributed by atoms with E-state index in [0.29, 0.717) is 6.42 Å². The minimum Gasteiger partial charge on any atom is -0.355 e. The fraction of sp³-hybridized carbons (Fsp3) is 0.412. The van der Waals surface area contributed by atoms with E-state index in [1.807, 2.05) is 11.4 Å². The van der Waals surface area contributed by atoms with Crippen molar-refractivity contribution >= 4 is 17.2 Å². The number of carbonyl (C=O) groups is 1. The minimum atomic E-state index is 0.0742. The molecule has 1 aliphatic rings. The summed E-state index contributed by atoms with van der Waals surface area (Å²) in [6, 6.07) is 10.5. The number of benzene rings is 1. The Morgan fingerprint density at radius 1 is 1.33 bits per heavy atom. The molecule has 1 saturated carbocycles. The van der Waals surface area contributed by atoms with Crippen LogP contribution in [-0.4, -0.2) is 17.4 Å². The predicted molar refractivity (Wildman–Crippen MR) is 85.6 cm³/mol. The quantitative estimate of drug-likeness (QED) is 0.890. The van der Waals surface area contributed by atoms with Gasteiger partial charge in [0.2, 0.25) is 5.91 Å². The maximum absolute atomic E-state index is 12.1. The largest absolute Gasteiger partial charge is 0.355 e. The van der Waals surface area contributed by atoms with Crippen LogP contribution in [0, 0.1) is 0 Å². The highest BCUT2D eigenvalue weighted by atomic mass is 32.1. The number of hydrogen-bond donors (Lipinski definition) is 1. The van der Waals surface area contributed by atoms with Crippen molar-refractivity contribution in [2.24, 2.45) is 0 Å². The van der Waals surface area contributed by atoms with E-state index in [-0.39, 0.29) is 11.3 Å². The molecule has 0 atom stereocenters. The predicted octanol–water partition coefficient (Wildman–Crippen LogP) is 3.10. The Bertz CT molecular complexity index is 617. The molecular formula is C17H20N2OS. The molecule has 3 nitrogen and oxygen atoms in total. The first kappa shape index (κ1) is 14.3. The Kier molecular flexibility index (Phi) is 4.06. The molecule has 1 amide bonds. The maximum atomic E-state index is 12.1. The van der Waals surface area contributed by atoms with Crippen LogP contribution < -0.4 is 5.32 Å². The highest BCUT2D eigenvalue weighted by molar-refractivity contribution is 7.09. The van der Waals surface area contributed by atoms with Gasteiger partial charge in [-0.3, -0.25) is 4.79 Å². The van der Waals surface area contributed by atoms with Crippen LogP contribution in [0.25, 0.3) is 0 Å². The van der Waals surface area contributed by atoms with Gasteiger partial charge >= 0.3 is 0 Å². The molecule has 0 aliphatic heterocycles. The molecule has 1 heterocycles. The van der Waals surface area contributed by atoms with E-state index in [4.69, 9.17) is 0 Å². The first-order valence-corrected chi connectivity index (χ1v) is 8.35. The summed E-state index contributed by atoms with van der Waals surface area (Å²) < 4.78 is 0. The summed E-state index contributed by atoms with van der Waals surface area (Å²) in [5, 5.41) is 6.17. The highest BCUT2D eigenvalue weighted by Gasteiger charge is 2.44. The number of aryl methyl sites for hydroxylation is 1. The van der Waals surface area contributed by atoms with Crippen LogP contribution in [0.4, 0.5) is 0 Å². The molecule has 2 aromatic rings. The van der Waals surface area contributed by atoms with Crippen molar-refractivity contribution in [1.29, 1.82) is 0 Å². The van der Waals surface area contributed by atoms with Crippen LogP contribution in [-0.2, 0) is 23.1 Å². The average molecular weight is 300 g/mol. The number of nitrogens with zero attached hydrogens (tertiary/aromatic N) is 1. The summed E-state index contributed by atoms with van der Waals surface area (Å²) in [6.07, 6.45) is 3.65. The maximum Gasteiger partial charge on any atom is 0.226 e. The van der Waals surface area contributed by atoms with Gasteiger partial charge in [0.05, 0.1) is 17.1 Å². The average Bonchev–Trinajstić information content (AvgIpc) is 3.19. The molecule has 1 fully saturated rings. The van der Waals surface area contributed by atoms with Crippen molar-refractivity contribution in [3.63, 3.8) is 0 Å². The van der Waals surface area contributed by atoms with Gasteiger partial charge in [0.1, 0.15) is 0 Å². The molecule has 0 spiro atoms. The molecule has 110 valence electrons. The molecule has 1 aromatic heterocycles. The van der Waals surface area contributed by atoms with Crippen molar-refractivity contribution in [3.05, 3.63) is 52.0 Å². The Hall–Kier alpha value is -1.68. The lowest BCUT2D eigenvalue weighted by molar-refractivity contribution is -0.120. The number of amides is 1. The van der Waals surface area contributed by atoms with Gasteiger partial charge in [-0.15, -0.1) is 11.3 Å². The smallest absolute Gasteiger partial charge is 0.226 e. The number of carbonyl (C=O) groups excluding carboxylic acids is 1. The number of rotatable bonds is 6. The zero-order chi connectivity index (χ0) is 14.7. The summed E-state index contributed by atoms with van der Waals surface area (Å²) in [4.78, 5) is 16.5. The third-order valence-corrected chi connectivity index (χ3v) is 5.15. The van der Waals surface area contributed by atoms with Crippen molar-refractivity contribution in [2.45, 2.75) is 38.0 Å². The SMILES string of the molecule is CCc1nc(CC(=O)NCC2(c3ccccc3)CC2)cs1. The summed E-state index contributed by atoms with van der Waals surface area (Å²) in [7, 11) is 0. The molecule has 1 aliphatic carbocycles. The van der Waals surface area contributed by atoms with Gasteiger partial charge in [-0.1, -0.05) is 37.3 Å². The number of thiazole rings is 1. The van der Waals surface area contributed by atoms with Gasteiger partial charge in [0.25, 0.3) is 0 Å². The zero-order valence-corrected chi connectivity index (χ0v) is 13.1. The summed E-state index contributed by atoms with van der Waals surface area (Å²) in [5.41, 5.74) is 2.40. The zero-order valence-electron chi connectivity index (χ0n) is 12.3. The molecule has 0 unspecified atom stereocenters. The first-order chi connectivity index (χ1) is 10.2. The van der Waals surface area contributed by atoms with Crippen molar-refractivity contribution in [2.75, 3.05) is 6.54 Å². The highest BCUT2D eigenvalue weighted by Crippen LogP contribution is 2.47. The lowest BCUT2D eigenvalue weighted by atomic mass is 9.96. The lowest BCUT2D eigenvalue weighted by Gasteiger charge is -2.16. The van der Waals surface area contributed by atoms with Crippen molar-refractivity contribution < 1.29 is 4.79 Å². The number of hydrogen-bond acceptors (Lipinski definition) is 3. The van der Waals surface area contributed by atoms with E-state index in [1.165, 1.54) is 5.56 Å². The van der Waals surface area contributed by atoms with Crippen LogP contribution in [0.15, 0.2) is 35.7 Å². The van der Waals surface area contributed by atoms with Crippen LogP contribution >= 0.6 is 11.3 Å². The summed E-state index contributed by atoms with van der Waals surface area (Å²) in [6.45, 7) is 2.82. The van der Waals surface area contributed by atoms with Gasteiger partial charge in [0.15, 0.2) is 0 Å². The number of aromatic nitrogens is 1. The van der Waals surface area contributed by atoms with E-state index in [2.05, 4.69) is 41.5 Å². The standard InChI is InChI=1S/C17H20N2OS/c1-2-16-19-14(11-21-16)10-15(20)18-12-17(8-9-17)13-6-4-3-5-7-13/h3-7,11H,2,8-10,12H2,1H3,(H,18,20). The molecular weight excluding hydrogens is 280 g/mol. The van der Waals surface area contributed by atoms with Crippen molar-refractivity contribution in [1.82, 2.24) is 10.3 Å². The fourth-order valence-corrected chi connectivity index (χ4v) is 3.34. The molecule has 1 aromatic carbocycles. The molecule has 21 heavy (non-hydrogen) atoms. The Morgan fingerprint density at radius 2 is 2.10 bits per heavy atom. The minimum absolute atomic E-state index is 0.0742. The van der Waals surface area contributed by atoms with Gasteiger partial charge in [0, 0.05) is 17.3 Å². The van der Waals surface area contributed by atoms with Gasteiger partial charge in [-0.05, 0) is 24.8 Å². The summed E-state index contributed by atoms with van der Waals surface area (Å²) >= 11 is 1.63. The number of nitrogens with one attached hydrogen (secondary N) is 1. The van der Waals surface area contributed by atoms with Gasteiger partial charge < -0.3 is 5.32 Å². The van der Waals surface area contributed by atoms with E-state index >= 15 is 0 Å². The van der Waals surface area contributed by atoms with Crippen LogP contribution in [0.5, 0.6) is 0 Å². The second-order valence-corrected chi connectivity index (χ2v) is 6.63. The molecule has 3 rings (SSSR count). The normalized spacial score (nSPS) is 15.7. The van der Waals surface area contributed by atoms with E-state index in [9.17, 15) is 4.79 Å². The van der Waals surface area contributed by atoms with E-state index in [0.717, 1.165) is 36.5 Å². The van der Waals surface area contributed by atoms with E-state index in [1.54, 1.807) is 11.3 Å². The Labute approximate surface area is 129 Å². The molecule has 1 N–H and O–H groups in total. The lowest BCUT2D eigenvalue weighted by Crippen LogP contribution is -2.33. The van der Waals surface area contributed by atoms with E-state index < -0.39 is 0 Å². The summed E-state index contributed by atoms with van der Waals surface area (Å²) in [5.74, 6) is 0.0742. The van der Waals surface area contributed by atoms with Crippen molar-refractivity contribution in [3.8, 4) is 0 Å². The first-order valence-electron chi connectivity index (χ1n) is 7.47. The molecule has 0 saturated heterocycles. The second kappa shape index (κ2) is 5.98. The van der Waals surface area contributed by atoms with Gasteiger partial charge in [-0.25, -0.2) is 4.98 Å². The van der Waals surface area contributed by atoms with Crippen LogP contribution in [0.1, 0.15) is 36.0 Å². The fourth-order valence-electron chi connectivity index (χ4n) is 2.60. The third-order valence-electron chi connectivity index (χ3n) is 4.11. The Balaban J connectivity index is 1.54. The second-order valence-electron chi connectivity index (χ2n) is 5.69. The Morgan fingerprint density at radius 3 is 2.71 bits per heavy atom. The van der Waals surface area contributed by atoms with Gasteiger partial charge in [-0.2, -0.15) is 0 Å². The molecule has 0 radical (unpaired) electrons.